The van der Waals surface area contributed by atoms with Gasteiger partial charge in [-0.15, -0.1) is 11.3 Å². The van der Waals surface area contributed by atoms with Gasteiger partial charge in [-0.1, -0.05) is 6.07 Å². The first-order valence-electron chi connectivity index (χ1n) is 6.51. The van der Waals surface area contributed by atoms with Gasteiger partial charge in [-0.3, -0.25) is 4.79 Å². The zero-order valence-electron chi connectivity index (χ0n) is 12.4. The van der Waals surface area contributed by atoms with Crippen LogP contribution in [0, 0.1) is 6.92 Å². The normalized spacial score (nSPS) is 11.3. The molecular formula is C14H15BrN2O4S2. The number of amides is 1. The Hall–Kier alpha value is -1.42. The van der Waals surface area contributed by atoms with Gasteiger partial charge in [0.05, 0.1) is 23.1 Å². The predicted octanol–water partition coefficient (Wildman–Crippen LogP) is 2.74. The van der Waals surface area contributed by atoms with Crippen LogP contribution in [0.15, 0.2) is 38.3 Å². The fraction of sp³-hybridized carbons (Fsp3) is 0.214. The van der Waals surface area contributed by atoms with Crippen molar-refractivity contribution in [3.05, 3.63) is 39.7 Å². The third-order valence-electron chi connectivity index (χ3n) is 2.87. The lowest BCUT2D eigenvalue weighted by atomic mass is 10.2. The molecule has 0 radical (unpaired) electrons. The lowest BCUT2D eigenvalue weighted by molar-refractivity contribution is -0.115. The topological polar surface area (TPSA) is 84.5 Å². The van der Waals surface area contributed by atoms with E-state index in [0.29, 0.717) is 15.2 Å². The Morgan fingerprint density at radius 1 is 1.30 bits per heavy atom. The van der Waals surface area contributed by atoms with E-state index < -0.39 is 15.9 Å². The highest BCUT2D eigenvalue weighted by Gasteiger charge is 2.18. The van der Waals surface area contributed by atoms with E-state index in [1.165, 1.54) is 13.2 Å². The Balaban J connectivity index is 2.02. The fourth-order valence-corrected chi connectivity index (χ4v) is 4.82. The third kappa shape index (κ3) is 4.77. The number of methoxy groups -OCH3 is 1. The van der Waals surface area contributed by atoms with Crippen LogP contribution in [0.5, 0.6) is 5.75 Å². The lowest BCUT2D eigenvalue weighted by Gasteiger charge is -2.11. The van der Waals surface area contributed by atoms with E-state index in [4.69, 9.17) is 4.74 Å². The SMILES string of the molecule is COc1ccc(C)cc1NC(=O)CNS(=O)(=O)c1ccc(Br)s1. The molecule has 2 aromatic rings. The van der Waals surface area contributed by atoms with E-state index in [9.17, 15) is 13.2 Å². The van der Waals surface area contributed by atoms with Crippen molar-refractivity contribution < 1.29 is 17.9 Å². The highest BCUT2D eigenvalue weighted by atomic mass is 79.9. The number of hydrogen-bond acceptors (Lipinski definition) is 5. The minimum Gasteiger partial charge on any atom is -0.495 e. The molecule has 0 aliphatic carbocycles. The molecule has 1 amide bonds. The van der Waals surface area contributed by atoms with Gasteiger partial charge in [0.25, 0.3) is 10.0 Å². The molecule has 0 aliphatic heterocycles. The number of carbonyl (C=O) groups excluding carboxylic acids is 1. The van der Waals surface area contributed by atoms with Crippen molar-refractivity contribution in [1.29, 1.82) is 0 Å². The summed E-state index contributed by atoms with van der Waals surface area (Å²) < 4.78 is 32.4. The summed E-state index contributed by atoms with van der Waals surface area (Å²) in [6.07, 6.45) is 0. The van der Waals surface area contributed by atoms with E-state index >= 15 is 0 Å². The first-order valence-corrected chi connectivity index (χ1v) is 9.60. The van der Waals surface area contributed by atoms with E-state index in [-0.39, 0.29) is 10.8 Å². The van der Waals surface area contributed by atoms with E-state index in [1.807, 2.05) is 13.0 Å². The van der Waals surface area contributed by atoms with Crippen molar-refractivity contribution in [3.8, 4) is 5.75 Å². The number of thiophene rings is 1. The Kier molecular flexibility index (Phi) is 5.79. The second kappa shape index (κ2) is 7.43. The molecule has 0 bridgehead atoms. The lowest BCUT2D eigenvalue weighted by Crippen LogP contribution is -2.32. The smallest absolute Gasteiger partial charge is 0.250 e. The number of hydrogen-bond donors (Lipinski definition) is 2. The number of rotatable bonds is 6. The third-order valence-corrected chi connectivity index (χ3v) is 6.38. The van der Waals surface area contributed by atoms with Crippen molar-refractivity contribution in [2.24, 2.45) is 0 Å². The summed E-state index contributed by atoms with van der Waals surface area (Å²) in [7, 11) is -2.21. The summed E-state index contributed by atoms with van der Waals surface area (Å²) >= 11 is 4.28. The quantitative estimate of drug-likeness (QED) is 0.754. The number of halogens is 1. The molecule has 124 valence electrons. The van der Waals surface area contributed by atoms with Gasteiger partial charge in [-0.2, -0.15) is 0 Å². The van der Waals surface area contributed by atoms with Gasteiger partial charge < -0.3 is 10.1 Å². The Morgan fingerprint density at radius 2 is 2.04 bits per heavy atom. The molecular weight excluding hydrogens is 404 g/mol. The van der Waals surface area contributed by atoms with Crippen LogP contribution >= 0.6 is 27.3 Å². The first kappa shape index (κ1) is 17.9. The molecule has 1 heterocycles. The second-order valence-corrected chi connectivity index (χ2v) is 9.09. The molecule has 0 fully saturated rings. The van der Waals surface area contributed by atoms with Crippen LogP contribution < -0.4 is 14.8 Å². The van der Waals surface area contributed by atoms with Gasteiger partial charge >= 0.3 is 0 Å². The summed E-state index contributed by atoms with van der Waals surface area (Å²) in [5.74, 6) is 0.0297. The molecule has 0 atom stereocenters. The molecule has 9 heteroatoms. The average Bonchev–Trinajstić information content (AvgIpc) is 2.93. The summed E-state index contributed by atoms with van der Waals surface area (Å²) in [5.41, 5.74) is 1.45. The number of sulfonamides is 1. The van der Waals surface area contributed by atoms with Crippen LogP contribution in [0.4, 0.5) is 5.69 Å². The van der Waals surface area contributed by atoms with Crippen molar-refractivity contribution in [2.75, 3.05) is 19.0 Å². The molecule has 0 saturated heterocycles. The number of benzene rings is 1. The molecule has 0 saturated carbocycles. The van der Waals surface area contributed by atoms with Crippen molar-refractivity contribution in [2.45, 2.75) is 11.1 Å². The van der Waals surface area contributed by atoms with Crippen molar-refractivity contribution >= 4 is 48.9 Å². The van der Waals surface area contributed by atoms with Crippen molar-refractivity contribution in [1.82, 2.24) is 4.72 Å². The first-order chi connectivity index (χ1) is 10.8. The zero-order chi connectivity index (χ0) is 17.0. The van der Waals surface area contributed by atoms with Crippen LogP contribution in [0.2, 0.25) is 0 Å². The average molecular weight is 419 g/mol. The van der Waals surface area contributed by atoms with Gasteiger partial charge in [0.2, 0.25) is 5.91 Å². The second-order valence-electron chi connectivity index (χ2n) is 4.64. The minimum atomic E-state index is -3.70. The van der Waals surface area contributed by atoms with Crippen LogP contribution in [-0.4, -0.2) is 28.0 Å². The standard InChI is InChI=1S/C14H15BrN2O4S2/c1-9-3-4-11(21-2)10(7-9)17-13(18)8-16-23(19,20)14-6-5-12(15)22-14/h3-7,16H,8H2,1-2H3,(H,17,18). The van der Waals surface area contributed by atoms with Crippen LogP contribution in [0.1, 0.15) is 5.56 Å². The van der Waals surface area contributed by atoms with E-state index in [2.05, 4.69) is 26.0 Å². The molecule has 1 aromatic heterocycles. The Bertz CT molecular complexity index is 818. The predicted molar refractivity (Wildman–Crippen MR) is 93.6 cm³/mol. The van der Waals surface area contributed by atoms with Crippen LogP contribution in [0.3, 0.4) is 0 Å². The molecule has 0 unspecified atom stereocenters. The van der Waals surface area contributed by atoms with E-state index in [0.717, 1.165) is 16.9 Å². The van der Waals surface area contributed by atoms with Gasteiger partial charge in [0.1, 0.15) is 9.96 Å². The maximum atomic E-state index is 12.1. The largest absolute Gasteiger partial charge is 0.495 e. The van der Waals surface area contributed by atoms with Gasteiger partial charge in [-0.05, 0) is 52.7 Å². The number of anilines is 1. The highest BCUT2D eigenvalue weighted by Crippen LogP contribution is 2.26. The highest BCUT2D eigenvalue weighted by molar-refractivity contribution is 9.11. The number of carbonyl (C=O) groups is 1. The van der Waals surface area contributed by atoms with Crippen molar-refractivity contribution in [3.63, 3.8) is 0 Å². The monoisotopic (exact) mass is 418 g/mol. The zero-order valence-corrected chi connectivity index (χ0v) is 15.6. The summed E-state index contributed by atoms with van der Waals surface area (Å²) in [6, 6.07) is 8.45. The molecule has 23 heavy (non-hydrogen) atoms. The van der Waals surface area contributed by atoms with Gasteiger partial charge in [0, 0.05) is 0 Å². The maximum absolute atomic E-state index is 12.1. The molecule has 0 aliphatic rings. The molecule has 1 aromatic carbocycles. The van der Waals surface area contributed by atoms with Gasteiger partial charge in [0.15, 0.2) is 0 Å². The molecule has 2 N–H and O–H groups in total. The maximum Gasteiger partial charge on any atom is 0.250 e. The molecule has 2 rings (SSSR count). The minimum absolute atomic E-state index is 0.144. The number of ether oxygens (including phenoxy) is 1. The molecule has 6 nitrogen and oxygen atoms in total. The number of nitrogens with one attached hydrogen (secondary N) is 2. The summed E-state index contributed by atoms with van der Waals surface area (Å²) in [5, 5.41) is 2.63. The van der Waals surface area contributed by atoms with Crippen LogP contribution in [-0.2, 0) is 14.8 Å². The molecule has 0 spiro atoms. The summed E-state index contributed by atoms with van der Waals surface area (Å²) in [4.78, 5) is 12.0. The Labute approximate surface area is 147 Å². The van der Waals surface area contributed by atoms with E-state index in [1.54, 1.807) is 18.2 Å². The fourth-order valence-electron chi connectivity index (χ4n) is 1.79. The Morgan fingerprint density at radius 3 is 2.65 bits per heavy atom. The van der Waals surface area contributed by atoms with Gasteiger partial charge in [-0.25, -0.2) is 13.1 Å². The number of aryl methyl sites for hydroxylation is 1. The van der Waals surface area contributed by atoms with Crippen LogP contribution in [0.25, 0.3) is 0 Å². The summed E-state index contributed by atoms with van der Waals surface area (Å²) in [6.45, 7) is 1.52.